The zero-order valence-corrected chi connectivity index (χ0v) is 16.6. The summed E-state index contributed by atoms with van der Waals surface area (Å²) in [6.45, 7) is 3.03. The summed E-state index contributed by atoms with van der Waals surface area (Å²) in [5.74, 6) is 0.522. The Kier molecular flexibility index (Phi) is 5.81. The molecular weight excluding hydrogens is 358 g/mol. The van der Waals surface area contributed by atoms with Crippen molar-refractivity contribution in [3.63, 3.8) is 0 Å². The third-order valence-electron chi connectivity index (χ3n) is 6.79. The van der Waals surface area contributed by atoms with Gasteiger partial charge in [0.25, 0.3) is 0 Å². The van der Waals surface area contributed by atoms with E-state index < -0.39 is 11.6 Å². The highest BCUT2D eigenvalue weighted by molar-refractivity contribution is 5.82. The summed E-state index contributed by atoms with van der Waals surface area (Å²) >= 11 is 0. The van der Waals surface area contributed by atoms with Gasteiger partial charge >= 0.3 is 0 Å². The first-order valence-electron chi connectivity index (χ1n) is 10.8. The van der Waals surface area contributed by atoms with Gasteiger partial charge in [-0.15, -0.1) is 0 Å². The molecule has 0 radical (unpaired) electrons. The number of aromatic nitrogens is 1. The Morgan fingerprint density at radius 1 is 1.07 bits per heavy atom. The number of anilines is 1. The fraction of sp³-hybridized carbons (Fsp3) is 0.609. The first kappa shape index (κ1) is 19.6. The van der Waals surface area contributed by atoms with Gasteiger partial charge in [-0.25, -0.2) is 13.8 Å². The van der Waals surface area contributed by atoms with E-state index in [1.54, 1.807) is 6.07 Å². The summed E-state index contributed by atoms with van der Waals surface area (Å²) in [7, 11) is 0. The third-order valence-corrected chi connectivity index (χ3v) is 6.79. The van der Waals surface area contributed by atoms with E-state index in [9.17, 15) is 13.9 Å². The Morgan fingerprint density at radius 2 is 1.82 bits per heavy atom. The Morgan fingerprint density at radius 3 is 2.54 bits per heavy atom. The molecule has 2 heterocycles. The third kappa shape index (κ3) is 3.73. The van der Waals surface area contributed by atoms with Crippen molar-refractivity contribution in [3.05, 3.63) is 35.4 Å². The predicted octanol–water partition coefficient (Wildman–Crippen LogP) is 5.58. The molecule has 1 N–H and O–H groups in total. The van der Waals surface area contributed by atoms with Gasteiger partial charge in [0.05, 0.1) is 12.1 Å². The SMILES string of the molecule is CCCC1CCC([C@H]2CCCN2c2nc3cc(F)c(F)cc3cc2CO)CC1. The highest BCUT2D eigenvalue weighted by Crippen LogP contribution is 2.40. The normalized spacial score (nSPS) is 25.6. The number of fused-ring (bicyclic) bond motifs is 1. The molecule has 0 amide bonds. The highest BCUT2D eigenvalue weighted by atomic mass is 19.2. The molecule has 28 heavy (non-hydrogen) atoms. The van der Waals surface area contributed by atoms with E-state index >= 15 is 0 Å². The summed E-state index contributed by atoms with van der Waals surface area (Å²) in [6.07, 6.45) is 10.00. The fourth-order valence-electron chi connectivity index (χ4n) is 5.38. The van der Waals surface area contributed by atoms with Crippen molar-refractivity contribution in [1.29, 1.82) is 0 Å². The quantitative estimate of drug-likeness (QED) is 0.726. The van der Waals surface area contributed by atoms with Gasteiger partial charge in [-0.1, -0.05) is 32.6 Å². The lowest BCUT2D eigenvalue weighted by atomic mass is 9.76. The molecule has 5 heteroatoms. The summed E-state index contributed by atoms with van der Waals surface area (Å²) in [5, 5.41) is 10.4. The smallest absolute Gasteiger partial charge is 0.161 e. The fourth-order valence-corrected chi connectivity index (χ4v) is 5.38. The number of hydrogen-bond donors (Lipinski definition) is 1. The van der Waals surface area contributed by atoms with Crippen molar-refractivity contribution in [2.45, 2.75) is 70.9 Å². The maximum atomic E-state index is 13.7. The van der Waals surface area contributed by atoms with Crippen LogP contribution in [0.2, 0.25) is 0 Å². The number of halogens is 2. The number of aliphatic hydroxyl groups excluding tert-OH is 1. The Balaban J connectivity index is 1.61. The van der Waals surface area contributed by atoms with Crippen LogP contribution >= 0.6 is 0 Å². The van der Waals surface area contributed by atoms with Crippen molar-refractivity contribution in [2.75, 3.05) is 11.4 Å². The Labute approximate surface area is 165 Å². The molecule has 4 rings (SSSR count). The van der Waals surface area contributed by atoms with Crippen LogP contribution in [0.3, 0.4) is 0 Å². The highest BCUT2D eigenvalue weighted by Gasteiger charge is 2.35. The van der Waals surface area contributed by atoms with Gasteiger partial charge in [-0.2, -0.15) is 0 Å². The molecule has 1 atom stereocenters. The predicted molar refractivity (Wildman–Crippen MR) is 108 cm³/mol. The van der Waals surface area contributed by atoms with Crippen LogP contribution in [0.4, 0.5) is 14.6 Å². The number of pyridine rings is 1. The minimum absolute atomic E-state index is 0.149. The largest absolute Gasteiger partial charge is 0.392 e. The molecule has 152 valence electrons. The molecule has 2 fully saturated rings. The average molecular weight is 389 g/mol. The van der Waals surface area contributed by atoms with E-state index in [0.29, 0.717) is 28.4 Å². The molecule has 0 bridgehead atoms. The molecule has 1 saturated heterocycles. The lowest BCUT2D eigenvalue weighted by Crippen LogP contribution is -2.38. The first-order valence-corrected chi connectivity index (χ1v) is 10.8. The molecule has 0 unspecified atom stereocenters. The van der Waals surface area contributed by atoms with Crippen molar-refractivity contribution < 1.29 is 13.9 Å². The van der Waals surface area contributed by atoms with E-state index in [4.69, 9.17) is 0 Å². The number of aliphatic hydroxyl groups is 1. The van der Waals surface area contributed by atoms with Crippen LogP contribution in [0.1, 0.15) is 63.9 Å². The summed E-state index contributed by atoms with van der Waals surface area (Å²) in [5.41, 5.74) is 1.15. The van der Waals surface area contributed by atoms with Crippen LogP contribution in [-0.4, -0.2) is 22.7 Å². The molecule has 1 aromatic carbocycles. The standard InChI is InChI=1S/C23H30F2N2O/c1-2-4-15-6-8-16(9-7-15)22-5-3-10-27(22)23-18(14-28)11-17-12-19(24)20(25)13-21(17)26-23/h11-13,15-16,22,28H,2-10,14H2,1H3/t15?,16?,22-/m1/s1. The van der Waals surface area contributed by atoms with Crippen LogP contribution in [-0.2, 0) is 6.61 Å². The second-order valence-electron chi connectivity index (χ2n) is 8.56. The summed E-state index contributed by atoms with van der Waals surface area (Å²) < 4.78 is 27.3. The molecule has 2 aromatic rings. The van der Waals surface area contributed by atoms with E-state index in [0.717, 1.165) is 43.3 Å². The first-order chi connectivity index (χ1) is 13.6. The lowest BCUT2D eigenvalue weighted by molar-refractivity contribution is 0.232. The zero-order chi connectivity index (χ0) is 19.7. The molecule has 3 nitrogen and oxygen atoms in total. The molecular formula is C23H30F2N2O. The topological polar surface area (TPSA) is 36.4 Å². The van der Waals surface area contributed by atoms with Crippen LogP contribution in [0.25, 0.3) is 10.9 Å². The van der Waals surface area contributed by atoms with Gasteiger partial charge in [-0.3, -0.25) is 0 Å². The van der Waals surface area contributed by atoms with Crippen LogP contribution < -0.4 is 4.90 Å². The van der Waals surface area contributed by atoms with Gasteiger partial charge in [0.1, 0.15) is 5.82 Å². The van der Waals surface area contributed by atoms with E-state index in [-0.39, 0.29) is 6.61 Å². The maximum Gasteiger partial charge on any atom is 0.161 e. The molecule has 1 saturated carbocycles. The van der Waals surface area contributed by atoms with Gasteiger partial charge in [0.2, 0.25) is 0 Å². The summed E-state index contributed by atoms with van der Waals surface area (Å²) in [6, 6.07) is 4.52. The molecule has 2 aliphatic rings. The average Bonchev–Trinajstić information content (AvgIpc) is 3.18. The number of benzene rings is 1. The zero-order valence-electron chi connectivity index (χ0n) is 16.6. The Bertz CT molecular complexity index is 833. The van der Waals surface area contributed by atoms with E-state index in [1.807, 2.05) is 0 Å². The monoisotopic (exact) mass is 388 g/mol. The number of nitrogens with zero attached hydrogens (tertiary/aromatic N) is 2. The summed E-state index contributed by atoms with van der Waals surface area (Å²) in [4.78, 5) is 7.01. The minimum Gasteiger partial charge on any atom is -0.392 e. The van der Waals surface area contributed by atoms with Crippen molar-refractivity contribution in [3.8, 4) is 0 Å². The van der Waals surface area contributed by atoms with E-state index in [2.05, 4.69) is 16.8 Å². The van der Waals surface area contributed by atoms with Gasteiger partial charge in [-0.05, 0) is 49.7 Å². The van der Waals surface area contributed by atoms with Crippen LogP contribution in [0.15, 0.2) is 18.2 Å². The lowest BCUT2D eigenvalue weighted by Gasteiger charge is -2.37. The van der Waals surface area contributed by atoms with Gasteiger partial charge in [0, 0.05) is 29.6 Å². The molecule has 1 aromatic heterocycles. The van der Waals surface area contributed by atoms with Crippen LogP contribution in [0, 0.1) is 23.5 Å². The van der Waals surface area contributed by atoms with Crippen molar-refractivity contribution in [1.82, 2.24) is 4.98 Å². The minimum atomic E-state index is -0.881. The van der Waals surface area contributed by atoms with Crippen LogP contribution in [0.5, 0.6) is 0 Å². The second kappa shape index (κ2) is 8.32. The van der Waals surface area contributed by atoms with Gasteiger partial charge < -0.3 is 10.0 Å². The molecule has 1 aliphatic heterocycles. The van der Waals surface area contributed by atoms with E-state index in [1.165, 1.54) is 38.5 Å². The number of hydrogen-bond acceptors (Lipinski definition) is 3. The number of rotatable bonds is 5. The van der Waals surface area contributed by atoms with Gasteiger partial charge in [0.15, 0.2) is 11.6 Å². The second-order valence-corrected chi connectivity index (χ2v) is 8.56. The van der Waals surface area contributed by atoms with Crippen molar-refractivity contribution in [2.24, 2.45) is 11.8 Å². The van der Waals surface area contributed by atoms with Crippen molar-refractivity contribution >= 4 is 16.7 Å². The molecule has 1 aliphatic carbocycles. The molecule has 0 spiro atoms. The maximum absolute atomic E-state index is 13.7. The Hall–Kier alpha value is -1.75.